The molecule has 4 aromatic rings. The van der Waals surface area contributed by atoms with Crippen LogP contribution in [-0.2, 0) is 11.3 Å². The average Bonchev–Trinajstić information content (AvgIpc) is 3.45. The molecule has 1 aromatic carbocycles. The first-order valence-corrected chi connectivity index (χ1v) is 12.1. The molecule has 6 rings (SSSR count). The van der Waals surface area contributed by atoms with Crippen molar-refractivity contribution >= 4 is 34.3 Å². The van der Waals surface area contributed by atoms with Crippen LogP contribution in [0.4, 0.5) is 35.2 Å². The molecule has 10 nitrogen and oxygen atoms in total. The average molecular weight is 525 g/mol. The Balaban J connectivity index is 1.30. The van der Waals surface area contributed by atoms with Crippen LogP contribution in [0.1, 0.15) is 12.8 Å². The van der Waals surface area contributed by atoms with E-state index in [1.54, 1.807) is 48.8 Å². The predicted octanol–water partition coefficient (Wildman–Crippen LogP) is 4.46. The minimum absolute atomic E-state index is 0.0658. The lowest BCUT2D eigenvalue weighted by molar-refractivity contribution is -0.141. The molecule has 2 atom stereocenters. The number of morpholine rings is 1. The van der Waals surface area contributed by atoms with Crippen molar-refractivity contribution in [3.05, 3.63) is 55.0 Å². The van der Waals surface area contributed by atoms with Crippen molar-refractivity contribution in [1.29, 1.82) is 0 Å². The Morgan fingerprint density at radius 1 is 0.974 bits per heavy atom. The van der Waals surface area contributed by atoms with Crippen molar-refractivity contribution < 1.29 is 22.7 Å². The van der Waals surface area contributed by atoms with Gasteiger partial charge in [0.15, 0.2) is 11.5 Å². The molecule has 3 aromatic heterocycles. The molecule has 2 saturated heterocycles. The quantitative estimate of drug-likeness (QED) is 0.397. The Kier molecular flexibility index (Phi) is 6.06. The van der Waals surface area contributed by atoms with Crippen LogP contribution in [0.5, 0.6) is 0 Å². The molecule has 2 amide bonds. The molecule has 2 aliphatic heterocycles. The van der Waals surface area contributed by atoms with Gasteiger partial charge in [0.1, 0.15) is 12.4 Å². The number of pyridine rings is 1. The number of anilines is 3. The Labute approximate surface area is 214 Å². The number of aromatic nitrogens is 5. The van der Waals surface area contributed by atoms with Crippen LogP contribution in [0, 0.1) is 0 Å². The third-order valence-electron chi connectivity index (χ3n) is 6.49. The fraction of sp³-hybridized carbons (Fsp3) is 0.320. The number of fused-ring (bicyclic) bond motifs is 3. The molecule has 2 bridgehead atoms. The maximum Gasteiger partial charge on any atom is 0.408 e. The maximum atomic E-state index is 13.2. The number of nitrogens with zero attached hydrogens (tertiary/aromatic N) is 6. The number of carbonyl (C=O) groups excluding carboxylic acids is 1. The highest BCUT2D eigenvalue weighted by Gasteiger charge is 2.36. The number of alkyl halides is 3. The van der Waals surface area contributed by atoms with Gasteiger partial charge in [0.05, 0.1) is 23.8 Å². The van der Waals surface area contributed by atoms with E-state index < -0.39 is 18.8 Å². The van der Waals surface area contributed by atoms with E-state index in [2.05, 4.69) is 30.6 Å². The number of ether oxygens (including phenoxy) is 1. The van der Waals surface area contributed by atoms with Crippen molar-refractivity contribution in [3.63, 3.8) is 0 Å². The Morgan fingerprint density at radius 3 is 2.29 bits per heavy atom. The van der Waals surface area contributed by atoms with E-state index in [9.17, 15) is 18.0 Å². The highest BCUT2D eigenvalue weighted by molar-refractivity contribution is 5.99. The first kappa shape index (κ1) is 24.1. The van der Waals surface area contributed by atoms with Crippen LogP contribution < -0.4 is 15.5 Å². The van der Waals surface area contributed by atoms with Gasteiger partial charge >= 0.3 is 12.2 Å². The van der Waals surface area contributed by atoms with Crippen LogP contribution in [-0.4, -0.2) is 62.2 Å². The van der Waals surface area contributed by atoms with Crippen LogP contribution in [0.3, 0.4) is 0 Å². The monoisotopic (exact) mass is 524 g/mol. The lowest BCUT2D eigenvalue weighted by Crippen LogP contribution is -2.43. The third-order valence-corrected chi connectivity index (χ3v) is 6.49. The number of carbonyl (C=O) groups is 1. The van der Waals surface area contributed by atoms with E-state index in [1.807, 2.05) is 0 Å². The summed E-state index contributed by atoms with van der Waals surface area (Å²) in [6.45, 7) is -0.0555. The van der Waals surface area contributed by atoms with Gasteiger partial charge in [-0.05, 0) is 49.2 Å². The van der Waals surface area contributed by atoms with Crippen molar-refractivity contribution in [1.82, 2.24) is 24.7 Å². The van der Waals surface area contributed by atoms with E-state index in [0.717, 1.165) is 17.5 Å². The van der Waals surface area contributed by atoms with E-state index in [4.69, 9.17) is 9.72 Å². The molecule has 0 saturated carbocycles. The lowest BCUT2D eigenvalue weighted by Gasteiger charge is -2.33. The van der Waals surface area contributed by atoms with Gasteiger partial charge in [-0.2, -0.15) is 18.3 Å². The normalized spacial score (nSPS) is 19.1. The van der Waals surface area contributed by atoms with Gasteiger partial charge < -0.3 is 20.3 Å². The van der Waals surface area contributed by atoms with Crippen LogP contribution in [0.15, 0.2) is 55.0 Å². The number of urea groups is 1. The van der Waals surface area contributed by atoms with Gasteiger partial charge in [0.25, 0.3) is 0 Å². The van der Waals surface area contributed by atoms with Gasteiger partial charge in [-0.25, -0.2) is 19.4 Å². The standard InChI is InChI=1S/C25H23F3N8O2/c26-25(27,28)14-36-23-20(11-30-36)22(35-12-18-5-6-19(13-35)38-18)33-21(34-23)15-1-3-16(4-2-15)31-24(37)32-17-7-9-29-10-8-17/h1-4,7-11,18-19H,5-6,12-14H2,(H2,29,31,32,37). The lowest BCUT2D eigenvalue weighted by atomic mass is 10.2. The largest absolute Gasteiger partial charge is 0.408 e. The molecule has 13 heteroatoms. The molecular weight excluding hydrogens is 501 g/mol. The van der Waals surface area contributed by atoms with Gasteiger partial charge in [-0.15, -0.1) is 0 Å². The molecule has 196 valence electrons. The number of amides is 2. The maximum absolute atomic E-state index is 13.2. The Morgan fingerprint density at radius 2 is 1.63 bits per heavy atom. The molecule has 2 N–H and O–H groups in total. The van der Waals surface area contributed by atoms with Crippen molar-refractivity contribution in [2.24, 2.45) is 0 Å². The zero-order chi connectivity index (χ0) is 26.3. The number of hydrogen-bond acceptors (Lipinski definition) is 7. The van der Waals surface area contributed by atoms with E-state index >= 15 is 0 Å². The summed E-state index contributed by atoms with van der Waals surface area (Å²) >= 11 is 0. The smallest absolute Gasteiger partial charge is 0.371 e. The molecule has 38 heavy (non-hydrogen) atoms. The Hall–Kier alpha value is -4.26. The number of benzene rings is 1. The van der Waals surface area contributed by atoms with E-state index in [-0.39, 0.29) is 23.7 Å². The molecule has 2 unspecified atom stereocenters. The first-order valence-electron chi connectivity index (χ1n) is 12.1. The number of rotatable bonds is 5. The summed E-state index contributed by atoms with van der Waals surface area (Å²) in [6, 6.07) is 9.67. The summed E-state index contributed by atoms with van der Waals surface area (Å²) in [5, 5.41) is 9.89. The molecule has 2 aliphatic rings. The predicted molar refractivity (Wildman–Crippen MR) is 134 cm³/mol. The Bertz CT molecular complexity index is 1450. The number of hydrogen-bond donors (Lipinski definition) is 2. The van der Waals surface area contributed by atoms with E-state index in [0.29, 0.717) is 41.2 Å². The SMILES string of the molecule is O=C(Nc1ccncc1)Nc1ccc(-c2nc(N3CC4CCC(C3)O4)c3cnn(CC(F)(F)F)c3n2)cc1. The molecular formula is C25H23F3N8O2. The van der Waals surface area contributed by atoms with Crippen molar-refractivity contribution in [2.75, 3.05) is 28.6 Å². The zero-order valence-electron chi connectivity index (χ0n) is 20.0. The topological polar surface area (TPSA) is 110 Å². The second-order valence-corrected chi connectivity index (χ2v) is 9.28. The molecule has 2 fully saturated rings. The number of halogens is 3. The highest BCUT2D eigenvalue weighted by Crippen LogP contribution is 2.34. The van der Waals surface area contributed by atoms with Gasteiger partial charge in [-0.1, -0.05) is 0 Å². The summed E-state index contributed by atoms with van der Waals surface area (Å²) in [4.78, 5) is 27.5. The minimum Gasteiger partial charge on any atom is -0.371 e. The molecule has 0 radical (unpaired) electrons. The van der Waals surface area contributed by atoms with Gasteiger partial charge in [0.2, 0.25) is 0 Å². The molecule has 5 heterocycles. The summed E-state index contributed by atoms with van der Waals surface area (Å²) in [5.41, 5.74) is 1.81. The fourth-order valence-corrected chi connectivity index (χ4v) is 4.82. The fourth-order valence-electron chi connectivity index (χ4n) is 4.82. The van der Waals surface area contributed by atoms with Crippen LogP contribution in [0.2, 0.25) is 0 Å². The highest BCUT2D eigenvalue weighted by atomic mass is 19.4. The van der Waals surface area contributed by atoms with Crippen LogP contribution >= 0.6 is 0 Å². The van der Waals surface area contributed by atoms with E-state index in [1.165, 1.54) is 6.20 Å². The third kappa shape index (κ3) is 5.09. The van der Waals surface area contributed by atoms with Crippen molar-refractivity contribution in [3.8, 4) is 11.4 Å². The molecule has 0 aliphatic carbocycles. The summed E-state index contributed by atoms with van der Waals surface area (Å²) in [7, 11) is 0. The second kappa shape index (κ2) is 9.56. The van der Waals surface area contributed by atoms with Crippen LogP contribution in [0.25, 0.3) is 22.4 Å². The van der Waals surface area contributed by atoms with Gasteiger partial charge in [-0.3, -0.25) is 4.98 Å². The second-order valence-electron chi connectivity index (χ2n) is 9.28. The number of nitrogens with one attached hydrogen (secondary N) is 2. The summed E-state index contributed by atoms with van der Waals surface area (Å²) in [5.74, 6) is 0.806. The minimum atomic E-state index is -4.45. The zero-order valence-corrected chi connectivity index (χ0v) is 20.0. The van der Waals surface area contributed by atoms with Crippen molar-refractivity contribution in [2.45, 2.75) is 37.8 Å². The summed E-state index contributed by atoms with van der Waals surface area (Å²) < 4.78 is 46.5. The molecule has 0 spiro atoms. The summed E-state index contributed by atoms with van der Waals surface area (Å²) in [6.07, 6.45) is 2.10. The first-order chi connectivity index (χ1) is 18.3. The van der Waals surface area contributed by atoms with Gasteiger partial charge in [0, 0.05) is 42.4 Å².